The van der Waals surface area contributed by atoms with Gasteiger partial charge in [0.1, 0.15) is 6.61 Å². The zero-order valence-corrected chi connectivity index (χ0v) is 13.4. The number of rotatable bonds is 5. The van der Waals surface area contributed by atoms with Gasteiger partial charge >= 0.3 is 0 Å². The number of hydrogen-bond donors (Lipinski definition) is 0. The van der Waals surface area contributed by atoms with Crippen molar-refractivity contribution in [2.45, 2.75) is 13.3 Å². The van der Waals surface area contributed by atoms with E-state index in [1.54, 1.807) is 25.4 Å². The number of carbonyl (C=O) groups excluding carboxylic acids is 1. The predicted molar refractivity (Wildman–Crippen MR) is 88.2 cm³/mol. The molecule has 1 aromatic heterocycles. The Hall–Kier alpha value is -2.40. The summed E-state index contributed by atoms with van der Waals surface area (Å²) in [4.78, 5) is 18.8. The first kappa shape index (κ1) is 15.5. The molecule has 2 heterocycles. The normalized spacial score (nSPS) is 13.0. The van der Waals surface area contributed by atoms with Crippen LogP contribution in [0.2, 0.25) is 0 Å². The van der Waals surface area contributed by atoms with E-state index in [1.165, 1.54) is 5.56 Å². The zero-order chi connectivity index (χ0) is 16.2. The molecule has 0 unspecified atom stereocenters. The molecule has 1 aromatic carbocycles. The standard InChI is InChI=1S/C18H20N2O3/c1-13-3-4-14-6-8-20(16(14)11-13)18(21)15-5-7-19-17(12-15)23-10-9-22-2/h3-5,7,11-12H,6,8-10H2,1-2H3. The van der Waals surface area contributed by atoms with E-state index in [4.69, 9.17) is 9.47 Å². The number of ether oxygens (including phenoxy) is 2. The first-order valence-electron chi connectivity index (χ1n) is 7.68. The van der Waals surface area contributed by atoms with E-state index in [2.05, 4.69) is 23.2 Å². The Kier molecular flexibility index (Phi) is 4.57. The van der Waals surface area contributed by atoms with E-state index in [0.717, 1.165) is 17.7 Å². The van der Waals surface area contributed by atoms with Crippen LogP contribution in [0.25, 0.3) is 0 Å². The second-order valence-corrected chi connectivity index (χ2v) is 5.56. The Morgan fingerprint density at radius 1 is 1.26 bits per heavy atom. The van der Waals surface area contributed by atoms with Gasteiger partial charge in [0.15, 0.2) is 0 Å². The van der Waals surface area contributed by atoms with Crippen molar-refractivity contribution in [1.29, 1.82) is 0 Å². The fraction of sp³-hybridized carbons (Fsp3) is 0.333. The highest BCUT2D eigenvalue weighted by Crippen LogP contribution is 2.30. The number of anilines is 1. The number of pyridine rings is 1. The molecular weight excluding hydrogens is 292 g/mol. The molecule has 0 N–H and O–H groups in total. The highest BCUT2D eigenvalue weighted by molar-refractivity contribution is 6.07. The van der Waals surface area contributed by atoms with E-state index in [1.807, 2.05) is 11.8 Å². The van der Waals surface area contributed by atoms with Gasteiger partial charge in [-0.25, -0.2) is 4.98 Å². The Bertz CT molecular complexity index is 715. The van der Waals surface area contributed by atoms with E-state index in [9.17, 15) is 4.79 Å². The van der Waals surface area contributed by atoms with Crippen molar-refractivity contribution < 1.29 is 14.3 Å². The Balaban J connectivity index is 1.79. The molecule has 5 heteroatoms. The lowest BCUT2D eigenvalue weighted by molar-refractivity contribution is 0.0988. The van der Waals surface area contributed by atoms with Crippen molar-refractivity contribution in [2.24, 2.45) is 0 Å². The number of benzene rings is 1. The number of amides is 1. The minimum atomic E-state index is -0.0201. The molecule has 0 saturated carbocycles. The third kappa shape index (κ3) is 3.35. The monoisotopic (exact) mass is 312 g/mol. The lowest BCUT2D eigenvalue weighted by Crippen LogP contribution is -2.29. The topological polar surface area (TPSA) is 51.7 Å². The van der Waals surface area contributed by atoms with Gasteiger partial charge in [0.05, 0.1) is 6.61 Å². The number of aryl methyl sites for hydroxylation is 1. The summed E-state index contributed by atoms with van der Waals surface area (Å²) in [7, 11) is 1.61. The van der Waals surface area contributed by atoms with Gasteiger partial charge in [-0.2, -0.15) is 0 Å². The molecule has 5 nitrogen and oxygen atoms in total. The molecule has 23 heavy (non-hydrogen) atoms. The van der Waals surface area contributed by atoms with Gasteiger partial charge in [0.2, 0.25) is 5.88 Å². The Labute approximate surface area is 135 Å². The third-order valence-electron chi connectivity index (χ3n) is 3.90. The maximum Gasteiger partial charge on any atom is 0.258 e. The first-order chi connectivity index (χ1) is 11.2. The summed E-state index contributed by atoms with van der Waals surface area (Å²) in [6.45, 7) is 3.64. The minimum absolute atomic E-state index is 0.0201. The molecule has 0 aliphatic carbocycles. The van der Waals surface area contributed by atoms with Crippen molar-refractivity contribution in [3.05, 3.63) is 53.2 Å². The van der Waals surface area contributed by atoms with Crippen molar-refractivity contribution >= 4 is 11.6 Å². The Morgan fingerprint density at radius 3 is 2.96 bits per heavy atom. The van der Waals surface area contributed by atoms with E-state index in [-0.39, 0.29) is 5.91 Å². The summed E-state index contributed by atoms with van der Waals surface area (Å²) in [6.07, 6.45) is 2.49. The maximum atomic E-state index is 12.8. The molecule has 0 spiro atoms. The molecule has 3 rings (SSSR count). The molecule has 0 saturated heterocycles. The molecule has 0 bridgehead atoms. The van der Waals surface area contributed by atoms with Gasteiger partial charge in [0.25, 0.3) is 5.91 Å². The van der Waals surface area contributed by atoms with Gasteiger partial charge in [-0.05, 0) is 36.6 Å². The third-order valence-corrected chi connectivity index (χ3v) is 3.90. The number of carbonyl (C=O) groups is 1. The van der Waals surface area contributed by atoms with Gasteiger partial charge in [-0.1, -0.05) is 12.1 Å². The largest absolute Gasteiger partial charge is 0.475 e. The van der Waals surface area contributed by atoms with Crippen molar-refractivity contribution in [3.63, 3.8) is 0 Å². The van der Waals surface area contributed by atoms with Crippen molar-refractivity contribution in [2.75, 3.05) is 31.8 Å². The number of hydrogen-bond acceptors (Lipinski definition) is 4. The quantitative estimate of drug-likeness (QED) is 0.796. The molecule has 0 radical (unpaired) electrons. The van der Waals surface area contributed by atoms with Crippen LogP contribution in [0.4, 0.5) is 5.69 Å². The van der Waals surface area contributed by atoms with Crippen molar-refractivity contribution in [3.8, 4) is 5.88 Å². The fourth-order valence-corrected chi connectivity index (χ4v) is 2.71. The molecule has 0 atom stereocenters. The van der Waals surface area contributed by atoms with Crippen LogP contribution < -0.4 is 9.64 Å². The van der Waals surface area contributed by atoms with E-state index < -0.39 is 0 Å². The van der Waals surface area contributed by atoms with Crippen LogP contribution in [-0.2, 0) is 11.2 Å². The molecular formula is C18H20N2O3. The summed E-state index contributed by atoms with van der Waals surface area (Å²) in [6, 6.07) is 9.66. The highest BCUT2D eigenvalue weighted by atomic mass is 16.5. The second kappa shape index (κ2) is 6.79. The molecule has 1 aliphatic rings. The summed E-state index contributed by atoms with van der Waals surface area (Å²) < 4.78 is 10.4. The summed E-state index contributed by atoms with van der Waals surface area (Å²) in [5, 5.41) is 0. The van der Waals surface area contributed by atoms with Gasteiger partial charge in [0, 0.05) is 37.2 Å². The maximum absolute atomic E-state index is 12.8. The van der Waals surface area contributed by atoms with Crippen LogP contribution in [0.15, 0.2) is 36.5 Å². The lowest BCUT2D eigenvalue weighted by Gasteiger charge is -2.18. The molecule has 120 valence electrons. The van der Waals surface area contributed by atoms with Crippen LogP contribution in [0.3, 0.4) is 0 Å². The Morgan fingerprint density at radius 2 is 2.13 bits per heavy atom. The smallest absolute Gasteiger partial charge is 0.258 e. The average molecular weight is 312 g/mol. The van der Waals surface area contributed by atoms with Crippen molar-refractivity contribution in [1.82, 2.24) is 4.98 Å². The molecule has 0 fully saturated rings. The summed E-state index contributed by atoms with van der Waals surface area (Å²) in [5.41, 5.74) is 3.96. The van der Waals surface area contributed by atoms with Gasteiger partial charge < -0.3 is 14.4 Å². The summed E-state index contributed by atoms with van der Waals surface area (Å²) >= 11 is 0. The predicted octanol–water partition coefficient (Wildman–Crippen LogP) is 2.62. The lowest BCUT2D eigenvalue weighted by atomic mass is 10.1. The van der Waals surface area contributed by atoms with Gasteiger partial charge in [-0.15, -0.1) is 0 Å². The van der Waals surface area contributed by atoms with E-state index in [0.29, 0.717) is 31.2 Å². The number of methoxy groups -OCH3 is 1. The van der Waals surface area contributed by atoms with Crippen LogP contribution in [-0.4, -0.2) is 37.8 Å². The van der Waals surface area contributed by atoms with Crippen LogP contribution in [0, 0.1) is 6.92 Å². The SMILES string of the molecule is COCCOc1cc(C(=O)N2CCc3ccc(C)cc32)ccn1. The van der Waals surface area contributed by atoms with Crippen LogP contribution >= 0.6 is 0 Å². The highest BCUT2D eigenvalue weighted by Gasteiger charge is 2.25. The van der Waals surface area contributed by atoms with E-state index >= 15 is 0 Å². The number of aromatic nitrogens is 1. The number of fused-ring (bicyclic) bond motifs is 1. The number of nitrogens with zero attached hydrogens (tertiary/aromatic N) is 2. The zero-order valence-electron chi connectivity index (χ0n) is 13.4. The van der Waals surface area contributed by atoms with Crippen LogP contribution in [0.5, 0.6) is 5.88 Å². The minimum Gasteiger partial charge on any atom is -0.475 e. The van der Waals surface area contributed by atoms with Crippen LogP contribution in [0.1, 0.15) is 21.5 Å². The average Bonchev–Trinajstić information content (AvgIpc) is 2.97. The summed E-state index contributed by atoms with van der Waals surface area (Å²) in [5.74, 6) is 0.421. The molecule has 2 aromatic rings. The van der Waals surface area contributed by atoms with Gasteiger partial charge in [-0.3, -0.25) is 4.79 Å². The second-order valence-electron chi connectivity index (χ2n) is 5.56. The molecule has 1 aliphatic heterocycles. The first-order valence-corrected chi connectivity index (χ1v) is 7.68. The molecule has 1 amide bonds. The fourth-order valence-electron chi connectivity index (χ4n) is 2.71.